The maximum absolute atomic E-state index is 11.4. The number of carbonyl (C=O) groups excluding carboxylic acids is 1. The van der Waals surface area contributed by atoms with Crippen LogP contribution in [-0.4, -0.2) is 25.7 Å². The van der Waals surface area contributed by atoms with Gasteiger partial charge in [0, 0.05) is 22.3 Å². The van der Waals surface area contributed by atoms with Crippen molar-refractivity contribution < 1.29 is 9.53 Å². The van der Waals surface area contributed by atoms with Crippen molar-refractivity contribution in [3.8, 4) is 0 Å². The Labute approximate surface area is 104 Å². The lowest BCUT2D eigenvalue weighted by atomic mass is 10.0. The lowest BCUT2D eigenvalue weighted by Crippen LogP contribution is -2.53. The van der Waals surface area contributed by atoms with Crippen molar-refractivity contribution in [1.82, 2.24) is 0 Å². The van der Waals surface area contributed by atoms with E-state index in [-0.39, 0.29) is 12.0 Å². The first-order valence-electron chi connectivity index (χ1n) is 4.92. The van der Waals surface area contributed by atoms with Crippen LogP contribution in [0, 0.1) is 0 Å². The second-order valence-electron chi connectivity index (χ2n) is 3.65. The molecule has 5 heteroatoms. The summed E-state index contributed by atoms with van der Waals surface area (Å²) in [6, 6.07) is 5.05. The average Bonchev–Trinajstić information content (AvgIpc) is 2.14. The highest BCUT2D eigenvalue weighted by molar-refractivity contribution is 6.35. The van der Waals surface area contributed by atoms with Crippen molar-refractivity contribution in [2.24, 2.45) is 0 Å². The van der Waals surface area contributed by atoms with E-state index in [1.807, 2.05) is 4.90 Å². The summed E-state index contributed by atoms with van der Waals surface area (Å²) in [5.41, 5.74) is 0.860. The van der Waals surface area contributed by atoms with Crippen LogP contribution in [0.15, 0.2) is 18.2 Å². The van der Waals surface area contributed by atoms with Crippen LogP contribution in [0.4, 0.5) is 5.69 Å². The van der Waals surface area contributed by atoms with Crippen LogP contribution in [0.1, 0.15) is 6.42 Å². The van der Waals surface area contributed by atoms with Crippen LogP contribution < -0.4 is 4.90 Å². The molecule has 0 spiro atoms. The first kappa shape index (κ1) is 11.6. The molecule has 1 atom stereocenters. The highest BCUT2D eigenvalue weighted by atomic mass is 35.5. The van der Waals surface area contributed by atoms with Crippen LogP contribution >= 0.6 is 23.2 Å². The number of anilines is 1. The van der Waals surface area contributed by atoms with Gasteiger partial charge in [0.25, 0.3) is 0 Å². The van der Waals surface area contributed by atoms with E-state index in [1.54, 1.807) is 18.2 Å². The number of carbonyl (C=O) groups is 1. The minimum atomic E-state index is -0.220. The number of rotatable bonds is 2. The fraction of sp³-hybridized carbons (Fsp3) is 0.364. The molecule has 1 saturated heterocycles. The van der Waals surface area contributed by atoms with Gasteiger partial charge in [-0.05, 0) is 24.6 Å². The summed E-state index contributed by atoms with van der Waals surface area (Å²) >= 11 is 11.8. The van der Waals surface area contributed by atoms with Gasteiger partial charge in [-0.1, -0.05) is 23.2 Å². The average molecular weight is 260 g/mol. The number of halogens is 2. The van der Waals surface area contributed by atoms with E-state index in [0.717, 1.165) is 18.7 Å². The van der Waals surface area contributed by atoms with Crippen molar-refractivity contribution in [3.63, 3.8) is 0 Å². The maximum Gasteiger partial charge on any atom is 0.328 e. The van der Waals surface area contributed by atoms with Crippen molar-refractivity contribution in [2.75, 3.05) is 18.6 Å². The number of nitrogens with zero attached hydrogens (tertiary/aromatic N) is 1. The summed E-state index contributed by atoms with van der Waals surface area (Å²) in [7, 11) is 1.39. The van der Waals surface area contributed by atoms with Crippen molar-refractivity contribution in [1.29, 1.82) is 0 Å². The van der Waals surface area contributed by atoms with Crippen molar-refractivity contribution >= 4 is 34.9 Å². The SMILES string of the molecule is COC(=O)C1CCN1c1cc(Cl)cc(Cl)c1. The molecule has 1 aliphatic heterocycles. The van der Waals surface area contributed by atoms with E-state index < -0.39 is 0 Å². The molecule has 3 nitrogen and oxygen atoms in total. The monoisotopic (exact) mass is 259 g/mol. The number of hydrogen-bond donors (Lipinski definition) is 0. The molecule has 1 aromatic carbocycles. The molecule has 0 bridgehead atoms. The summed E-state index contributed by atoms with van der Waals surface area (Å²) in [5, 5.41) is 1.14. The highest BCUT2D eigenvalue weighted by Crippen LogP contribution is 2.31. The van der Waals surface area contributed by atoms with Gasteiger partial charge in [0.05, 0.1) is 7.11 Å². The smallest absolute Gasteiger partial charge is 0.328 e. The van der Waals surface area contributed by atoms with E-state index >= 15 is 0 Å². The fourth-order valence-electron chi connectivity index (χ4n) is 1.78. The van der Waals surface area contributed by atoms with Gasteiger partial charge in [0.1, 0.15) is 6.04 Å². The first-order chi connectivity index (χ1) is 7.61. The molecule has 2 rings (SSSR count). The molecule has 0 amide bonds. The maximum atomic E-state index is 11.4. The summed E-state index contributed by atoms with van der Waals surface area (Å²) in [6.07, 6.45) is 0.802. The normalized spacial score (nSPS) is 19.2. The number of ether oxygens (including phenoxy) is 1. The van der Waals surface area contributed by atoms with E-state index in [2.05, 4.69) is 0 Å². The molecular weight excluding hydrogens is 249 g/mol. The molecule has 0 radical (unpaired) electrons. The van der Waals surface area contributed by atoms with Gasteiger partial charge in [0.15, 0.2) is 0 Å². The molecule has 1 aromatic rings. The zero-order valence-corrected chi connectivity index (χ0v) is 10.3. The molecule has 0 N–H and O–H groups in total. The topological polar surface area (TPSA) is 29.5 Å². The van der Waals surface area contributed by atoms with E-state index in [9.17, 15) is 4.79 Å². The molecule has 86 valence electrons. The standard InChI is InChI=1S/C11H11Cl2NO2/c1-16-11(15)10-2-3-14(10)9-5-7(12)4-8(13)6-9/h4-6,10H,2-3H2,1H3. The molecule has 16 heavy (non-hydrogen) atoms. The van der Waals surface area contributed by atoms with Gasteiger partial charge < -0.3 is 9.64 Å². The Bertz CT molecular complexity index is 402. The quantitative estimate of drug-likeness (QED) is 0.766. The lowest BCUT2D eigenvalue weighted by molar-refractivity contribution is -0.143. The van der Waals surface area contributed by atoms with Crippen LogP contribution in [0.25, 0.3) is 0 Å². The Morgan fingerprint density at radius 1 is 1.38 bits per heavy atom. The minimum Gasteiger partial charge on any atom is -0.467 e. The number of benzene rings is 1. The van der Waals surface area contributed by atoms with Gasteiger partial charge in [-0.15, -0.1) is 0 Å². The van der Waals surface area contributed by atoms with Crippen LogP contribution in [0.3, 0.4) is 0 Å². The highest BCUT2D eigenvalue weighted by Gasteiger charge is 2.35. The zero-order valence-electron chi connectivity index (χ0n) is 8.74. The third-order valence-electron chi connectivity index (χ3n) is 2.67. The molecule has 1 aliphatic rings. The Morgan fingerprint density at radius 3 is 2.44 bits per heavy atom. The van der Waals surface area contributed by atoms with Gasteiger partial charge in [0.2, 0.25) is 0 Å². The number of hydrogen-bond acceptors (Lipinski definition) is 3. The molecule has 1 fully saturated rings. The Hall–Kier alpha value is -0.930. The van der Waals surface area contributed by atoms with Gasteiger partial charge in [-0.3, -0.25) is 0 Å². The number of methoxy groups -OCH3 is 1. The minimum absolute atomic E-state index is 0.209. The Morgan fingerprint density at radius 2 is 2.00 bits per heavy atom. The van der Waals surface area contributed by atoms with Gasteiger partial charge in [-0.2, -0.15) is 0 Å². The lowest BCUT2D eigenvalue weighted by Gasteiger charge is -2.40. The van der Waals surface area contributed by atoms with Crippen molar-refractivity contribution in [2.45, 2.75) is 12.5 Å². The second-order valence-corrected chi connectivity index (χ2v) is 4.52. The molecule has 0 aromatic heterocycles. The summed E-state index contributed by atoms with van der Waals surface area (Å²) in [5.74, 6) is -0.220. The Kier molecular flexibility index (Phi) is 3.26. The molecule has 0 saturated carbocycles. The van der Waals surface area contributed by atoms with Gasteiger partial charge >= 0.3 is 5.97 Å². The van der Waals surface area contributed by atoms with Crippen LogP contribution in [0.2, 0.25) is 10.0 Å². The zero-order chi connectivity index (χ0) is 11.7. The predicted octanol–water partition coefficient (Wildman–Crippen LogP) is 2.75. The van der Waals surface area contributed by atoms with Crippen LogP contribution in [-0.2, 0) is 9.53 Å². The van der Waals surface area contributed by atoms with E-state index in [0.29, 0.717) is 10.0 Å². The molecule has 0 aliphatic carbocycles. The van der Waals surface area contributed by atoms with Crippen molar-refractivity contribution in [3.05, 3.63) is 28.2 Å². The third kappa shape index (κ3) is 2.11. The number of esters is 1. The summed E-state index contributed by atoms with van der Waals surface area (Å²) in [4.78, 5) is 13.4. The second kappa shape index (κ2) is 4.52. The largest absolute Gasteiger partial charge is 0.467 e. The first-order valence-corrected chi connectivity index (χ1v) is 5.68. The summed E-state index contributed by atoms with van der Waals surface area (Å²) in [6.45, 7) is 0.816. The fourth-order valence-corrected chi connectivity index (χ4v) is 2.30. The Balaban J connectivity index is 2.21. The summed E-state index contributed by atoms with van der Waals surface area (Å²) < 4.78 is 4.72. The predicted molar refractivity (Wildman–Crippen MR) is 64.2 cm³/mol. The molecular formula is C11H11Cl2NO2. The molecule has 1 heterocycles. The van der Waals surface area contributed by atoms with E-state index in [4.69, 9.17) is 27.9 Å². The van der Waals surface area contributed by atoms with Gasteiger partial charge in [-0.25, -0.2) is 4.79 Å². The third-order valence-corrected chi connectivity index (χ3v) is 3.11. The van der Waals surface area contributed by atoms with Crippen LogP contribution in [0.5, 0.6) is 0 Å². The van der Waals surface area contributed by atoms with E-state index in [1.165, 1.54) is 7.11 Å². The molecule has 1 unspecified atom stereocenters.